The van der Waals surface area contributed by atoms with Crippen LogP contribution in [0.5, 0.6) is 0 Å². The number of aliphatic carboxylic acids is 1. The topological polar surface area (TPSA) is 52.9 Å². The molecule has 1 rings (SSSR count). The number of carboxylic acids is 1. The molecule has 0 amide bonds. The maximum atomic E-state index is 10.7. The van der Waals surface area contributed by atoms with Crippen molar-refractivity contribution in [1.82, 2.24) is 4.90 Å². The highest BCUT2D eigenvalue weighted by molar-refractivity contribution is 5.86. The van der Waals surface area contributed by atoms with E-state index in [0.717, 1.165) is 31.8 Å². The number of carboxylic acid groups (broad SMARTS) is 1. The fraction of sp³-hybridized carbons (Fsp3) is 0.882. The Balaban J connectivity index is 1.93. The van der Waals surface area contributed by atoms with Gasteiger partial charge in [0.2, 0.25) is 0 Å². The van der Waals surface area contributed by atoms with Crippen molar-refractivity contribution in [2.45, 2.75) is 77.6 Å². The average Bonchev–Trinajstić information content (AvgIpc) is 2.87. The van der Waals surface area contributed by atoms with Crippen LogP contribution in [0.3, 0.4) is 0 Å². The molecule has 0 aliphatic carbocycles. The SMILES string of the molecule is CCCCCCCCCCCCC1=NCCN1CC(=O)O. The van der Waals surface area contributed by atoms with Gasteiger partial charge in [-0.2, -0.15) is 0 Å². The van der Waals surface area contributed by atoms with Gasteiger partial charge in [-0.1, -0.05) is 64.7 Å². The maximum absolute atomic E-state index is 10.7. The molecule has 0 radical (unpaired) electrons. The Hall–Kier alpha value is -1.06. The predicted molar refractivity (Wildman–Crippen MR) is 88.0 cm³/mol. The molecule has 21 heavy (non-hydrogen) atoms. The number of hydrogen-bond acceptors (Lipinski definition) is 3. The first-order chi connectivity index (χ1) is 10.2. The Morgan fingerprint density at radius 1 is 1.05 bits per heavy atom. The van der Waals surface area contributed by atoms with Crippen molar-refractivity contribution in [2.75, 3.05) is 19.6 Å². The van der Waals surface area contributed by atoms with Crippen molar-refractivity contribution >= 4 is 11.8 Å². The molecule has 1 aliphatic heterocycles. The molecule has 4 heteroatoms. The molecule has 0 bridgehead atoms. The van der Waals surface area contributed by atoms with E-state index in [9.17, 15) is 4.79 Å². The zero-order valence-electron chi connectivity index (χ0n) is 13.6. The molecule has 122 valence electrons. The third-order valence-electron chi connectivity index (χ3n) is 4.11. The molecule has 0 saturated carbocycles. The minimum atomic E-state index is -0.757. The second kappa shape index (κ2) is 11.6. The molecular formula is C17H32N2O2. The van der Waals surface area contributed by atoms with Crippen molar-refractivity contribution in [1.29, 1.82) is 0 Å². The van der Waals surface area contributed by atoms with Crippen LogP contribution >= 0.6 is 0 Å². The molecule has 1 aliphatic rings. The van der Waals surface area contributed by atoms with Gasteiger partial charge in [0.05, 0.1) is 12.4 Å². The number of aliphatic imine (C=N–C) groups is 1. The molecule has 0 aromatic carbocycles. The number of hydrogen-bond donors (Lipinski definition) is 1. The van der Waals surface area contributed by atoms with Crippen molar-refractivity contribution < 1.29 is 9.90 Å². The van der Waals surface area contributed by atoms with Gasteiger partial charge in [0, 0.05) is 13.0 Å². The summed E-state index contributed by atoms with van der Waals surface area (Å²) in [6.07, 6.45) is 14.2. The second-order valence-electron chi connectivity index (χ2n) is 6.05. The summed E-state index contributed by atoms with van der Waals surface area (Å²) >= 11 is 0. The van der Waals surface area contributed by atoms with Crippen LogP contribution in [0.25, 0.3) is 0 Å². The fourth-order valence-electron chi connectivity index (χ4n) is 2.87. The van der Waals surface area contributed by atoms with Crippen LogP contribution < -0.4 is 0 Å². The van der Waals surface area contributed by atoms with E-state index in [4.69, 9.17) is 5.11 Å². The molecule has 4 nitrogen and oxygen atoms in total. The standard InChI is InChI=1S/C17H32N2O2/c1-2-3-4-5-6-7-8-9-10-11-12-16-18-13-14-19(16)15-17(20)21/h2-15H2,1H3,(H,20,21). The Bertz CT molecular complexity index is 316. The summed E-state index contributed by atoms with van der Waals surface area (Å²) in [5, 5.41) is 8.84. The van der Waals surface area contributed by atoms with Crippen molar-refractivity contribution in [2.24, 2.45) is 4.99 Å². The molecule has 0 saturated heterocycles. The summed E-state index contributed by atoms with van der Waals surface area (Å²) in [5.41, 5.74) is 0. The van der Waals surface area contributed by atoms with Crippen LogP contribution in [0.1, 0.15) is 77.6 Å². The first-order valence-corrected chi connectivity index (χ1v) is 8.74. The monoisotopic (exact) mass is 296 g/mol. The highest BCUT2D eigenvalue weighted by Crippen LogP contribution is 2.13. The number of amidine groups is 1. The number of unbranched alkanes of at least 4 members (excludes halogenated alkanes) is 9. The number of nitrogens with zero attached hydrogens (tertiary/aromatic N) is 2. The fourth-order valence-corrected chi connectivity index (χ4v) is 2.87. The van der Waals surface area contributed by atoms with E-state index in [1.807, 2.05) is 4.90 Å². The Kier molecular flexibility index (Phi) is 9.92. The lowest BCUT2D eigenvalue weighted by Gasteiger charge is -2.17. The highest BCUT2D eigenvalue weighted by Gasteiger charge is 2.18. The van der Waals surface area contributed by atoms with Gasteiger partial charge >= 0.3 is 5.97 Å². The van der Waals surface area contributed by atoms with Crippen LogP contribution in [-0.4, -0.2) is 41.4 Å². The Morgan fingerprint density at radius 2 is 1.62 bits per heavy atom. The van der Waals surface area contributed by atoms with Crippen molar-refractivity contribution in [3.63, 3.8) is 0 Å². The zero-order valence-corrected chi connectivity index (χ0v) is 13.6. The minimum absolute atomic E-state index is 0.108. The van der Waals surface area contributed by atoms with Crippen LogP contribution in [0, 0.1) is 0 Å². The van der Waals surface area contributed by atoms with Gasteiger partial charge in [0.25, 0.3) is 0 Å². The molecule has 1 heterocycles. The molecular weight excluding hydrogens is 264 g/mol. The summed E-state index contributed by atoms with van der Waals surface area (Å²) in [6, 6.07) is 0. The quantitative estimate of drug-likeness (QED) is 0.521. The van der Waals surface area contributed by atoms with Crippen LogP contribution in [0.2, 0.25) is 0 Å². The van der Waals surface area contributed by atoms with E-state index in [0.29, 0.717) is 0 Å². The lowest BCUT2D eigenvalue weighted by molar-refractivity contribution is -0.137. The number of carbonyl (C=O) groups is 1. The summed E-state index contributed by atoms with van der Waals surface area (Å²) in [6.45, 7) is 3.91. The molecule has 0 aromatic rings. The predicted octanol–water partition coefficient (Wildman–Crippen LogP) is 4.10. The number of rotatable bonds is 13. The van der Waals surface area contributed by atoms with Gasteiger partial charge in [-0.05, 0) is 6.42 Å². The summed E-state index contributed by atoms with van der Waals surface area (Å²) in [7, 11) is 0. The van der Waals surface area contributed by atoms with E-state index in [-0.39, 0.29) is 6.54 Å². The van der Waals surface area contributed by atoms with Gasteiger partial charge < -0.3 is 10.0 Å². The van der Waals surface area contributed by atoms with E-state index in [1.165, 1.54) is 57.8 Å². The Morgan fingerprint density at radius 3 is 2.19 bits per heavy atom. The lowest BCUT2D eigenvalue weighted by atomic mass is 10.1. The molecule has 0 aromatic heterocycles. The summed E-state index contributed by atoms with van der Waals surface area (Å²) in [4.78, 5) is 17.1. The van der Waals surface area contributed by atoms with E-state index in [1.54, 1.807) is 0 Å². The second-order valence-corrected chi connectivity index (χ2v) is 6.05. The third kappa shape index (κ3) is 8.74. The van der Waals surface area contributed by atoms with Gasteiger partial charge in [0.1, 0.15) is 6.54 Å². The smallest absolute Gasteiger partial charge is 0.323 e. The van der Waals surface area contributed by atoms with Crippen LogP contribution in [0.4, 0.5) is 0 Å². The normalized spacial score (nSPS) is 14.5. The largest absolute Gasteiger partial charge is 0.480 e. The minimum Gasteiger partial charge on any atom is -0.480 e. The maximum Gasteiger partial charge on any atom is 0.323 e. The zero-order chi connectivity index (χ0) is 15.3. The lowest BCUT2D eigenvalue weighted by Crippen LogP contribution is -2.32. The first kappa shape index (κ1) is 18.0. The van der Waals surface area contributed by atoms with E-state index >= 15 is 0 Å². The Labute approximate surface area is 129 Å². The van der Waals surface area contributed by atoms with Gasteiger partial charge in [-0.15, -0.1) is 0 Å². The highest BCUT2D eigenvalue weighted by atomic mass is 16.4. The third-order valence-corrected chi connectivity index (χ3v) is 4.11. The van der Waals surface area contributed by atoms with Gasteiger partial charge in [-0.25, -0.2) is 0 Å². The van der Waals surface area contributed by atoms with Crippen molar-refractivity contribution in [3.8, 4) is 0 Å². The van der Waals surface area contributed by atoms with Gasteiger partial charge in [0.15, 0.2) is 0 Å². The van der Waals surface area contributed by atoms with Crippen molar-refractivity contribution in [3.05, 3.63) is 0 Å². The molecule has 0 fully saturated rings. The average molecular weight is 296 g/mol. The molecule has 1 N–H and O–H groups in total. The first-order valence-electron chi connectivity index (χ1n) is 8.74. The molecule has 0 unspecified atom stereocenters. The van der Waals surface area contributed by atoms with E-state index in [2.05, 4.69) is 11.9 Å². The summed E-state index contributed by atoms with van der Waals surface area (Å²) < 4.78 is 0. The molecule has 0 spiro atoms. The van der Waals surface area contributed by atoms with E-state index < -0.39 is 5.97 Å². The summed E-state index contributed by atoms with van der Waals surface area (Å²) in [5.74, 6) is 0.254. The van der Waals surface area contributed by atoms with Gasteiger partial charge in [-0.3, -0.25) is 9.79 Å². The van der Waals surface area contributed by atoms with Crippen LogP contribution in [0.15, 0.2) is 4.99 Å². The molecule has 0 atom stereocenters. The van der Waals surface area contributed by atoms with Crippen LogP contribution in [-0.2, 0) is 4.79 Å².